The molecule has 0 atom stereocenters. The van der Waals surface area contributed by atoms with E-state index in [1.807, 2.05) is 43.8 Å². The summed E-state index contributed by atoms with van der Waals surface area (Å²) in [4.78, 5) is 16.5. The van der Waals surface area contributed by atoms with Crippen molar-refractivity contribution in [1.29, 1.82) is 5.26 Å². The fourth-order valence-corrected chi connectivity index (χ4v) is 5.33. The van der Waals surface area contributed by atoms with Crippen LogP contribution in [0, 0.1) is 17.1 Å². The Morgan fingerprint density at radius 3 is 2.65 bits per heavy atom. The molecule has 1 aliphatic heterocycles. The van der Waals surface area contributed by atoms with E-state index in [4.69, 9.17) is 20.0 Å². The van der Waals surface area contributed by atoms with Gasteiger partial charge in [-0.25, -0.2) is 19.3 Å². The SMILES string of the molecule is Cn1cncc1Cn1c(CN2CCC(c3cccc(OCc4ccc(C#N)cc4F)n3)CC2)nc2ccccc21. The Morgan fingerprint density at radius 2 is 1.88 bits per heavy atom. The lowest BCUT2D eigenvalue weighted by atomic mass is 9.93. The van der Waals surface area contributed by atoms with E-state index in [0.29, 0.717) is 22.9 Å². The largest absolute Gasteiger partial charge is 0.473 e. The van der Waals surface area contributed by atoms with Gasteiger partial charge in [-0.05, 0) is 56.3 Å². The zero-order chi connectivity index (χ0) is 27.5. The van der Waals surface area contributed by atoms with Crippen LogP contribution in [0.15, 0.2) is 73.2 Å². The number of halogens is 1. The predicted octanol–water partition coefficient (Wildman–Crippen LogP) is 5.18. The fourth-order valence-electron chi connectivity index (χ4n) is 5.33. The number of hydrogen-bond donors (Lipinski definition) is 0. The standard InChI is InChI=1S/C31H30FN7O/c1-37-21-34-17-25(37)18-39-29-7-3-2-5-28(29)35-30(39)19-38-13-11-23(12-14-38)27-6-4-8-31(36-27)40-20-24-10-9-22(16-33)15-26(24)32/h2-10,15,17,21,23H,11-14,18-20H2,1H3. The topological polar surface area (TPSA) is 84.8 Å². The van der Waals surface area contributed by atoms with Gasteiger partial charge in [0.15, 0.2) is 0 Å². The van der Waals surface area contributed by atoms with Crippen molar-refractivity contribution in [1.82, 2.24) is 29.0 Å². The van der Waals surface area contributed by atoms with Crippen LogP contribution in [-0.4, -0.2) is 42.1 Å². The molecule has 1 aliphatic rings. The minimum absolute atomic E-state index is 0.0618. The van der Waals surface area contributed by atoms with E-state index in [0.717, 1.165) is 67.3 Å². The van der Waals surface area contributed by atoms with Gasteiger partial charge in [0.1, 0.15) is 18.2 Å². The first-order valence-electron chi connectivity index (χ1n) is 13.5. The number of likely N-dealkylation sites (tertiary alicyclic amines) is 1. The van der Waals surface area contributed by atoms with Crippen LogP contribution in [0.4, 0.5) is 4.39 Å². The Labute approximate surface area is 232 Å². The average Bonchev–Trinajstić information content (AvgIpc) is 3.55. The van der Waals surface area contributed by atoms with Crippen LogP contribution in [0.1, 0.15) is 47.1 Å². The van der Waals surface area contributed by atoms with Gasteiger partial charge in [0.2, 0.25) is 5.88 Å². The van der Waals surface area contributed by atoms with Gasteiger partial charge in [0, 0.05) is 36.5 Å². The van der Waals surface area contributed by atoms with Crippen LogP contribution in [0.2, 0.25) is 0 Å². The lowest BCUT2D eigenvalue weighted by Crippen LogP contribution is -2.33. The molecule has 0 N–H and O–H groups in total. The van der Waals surface area contributed by atoms with Crippen molar-refractivity contribution in [2.24, 2.45) is 7.05 Å². The molecule has 0 aliphatic carbocycles. The summed E-state index contributed by atoms with van der Waals surface area (Å²) < 4.78 is 24.4. The molecular weight excluding hydrogens is 505 g/mol. The number of fused-ring (bicyclic) bond motifs is 1. The molecule has 0 radical (unpaired) electrons. The van der Waals surface area contributed by atoms with Crippen LogP contribution in [0.3, 0.4) is 0 Å². The zero-order valence-electron chi connectivity index (χ0n) is 22.4. The molecule has 0 spiro atoms. The molecule has 202 valence electrons. The highest BCUT2D eigenvalue weighted by Crippen LogP contribution is 2.29. The molecule has 1 saturated heterocycles. The number of ether oxygens (including phenoxy) is 1. The molecule has 40 heavy (non-hydrogen) atoms. The van der Waals surface area contributed by atoms with Crippen molar-refractivity contribution in [3.63, 3.8) is 0 Å². The van der Waals surface area contributed by atoms with Crippen molar-refractivity contribution in [2.75, 3.05) is 13.1 Å². The lowest BCUT2D eigenvalue weighted by Gasteiger charge is -2.31. The predicted molar refractivity (Wildman–Crippen MR) is 149 cm³/mol. The molecule has 0 amide bonds. The van der Waals surface area contributed by atoms with E-state index in [2.05, 4.69) is 37.2 Å². The van der Waals surface area contributed by atoms with Crippen molar-refractivity contribution in [3.05, 3.63) is 107 Å². The first-order chi connectivity index (χ1) is 19.6. The van der Waals surface area contributed by atoms with Crippen molar-refractivity contribution >= 4 is 11.0 Å². The van der Waals surface area contributed by atoms with Gasteiger partial charge in [-0.1, -0.05) is 24.3 Å². The number of benzene rings is 2. The fraction of sp³-hybridized carbons (Fsp3) is 0.290. The minimum atomic E-state index is -0.448. The number of aryl methyl sites for hydroxylation is 1. The summed E-state index contributed by atoms with van der Waals surface area (Å²) in [5, 5.41) is 8.94. The number of rotatable bonds is 8. The number of para-hydroxylation sites is 2. The van der Waals surface area contributed by atoms with Gasteiger partial charge in [0.25, 0.3) is 0 Å². The Bertz CT molecular complexity index is 1680. The number of aromatic nitrogens is 5. The van der Waals surface area contributed by atoms with Gasteiger partial charge in [-0.3, -0.25) is 4.90 Å². The quantitative estimate of drug-likeness (QED) is 0.272. The number of nitrogens with zero attached hydrogens (tertiary/aromatic N) is 7. The second kappa shape index (κ2) is 11.3. The van der Waals surface area contributed by atoms with Gasteiger partial charge in [-0.2, -0.15) is 5.26 Å². The number of pyridine rings is 1. The van der Waals surface area contributed by atoms with E-state index >= 15 is 0 Å². The molecule has 1 fully saturated rings. The molecule has 0 unspecified atom stereocenters. The summed E-state index contributed by atoms with van der Waals surface area (Å²) in [7, 11) is 2.02. The second-order valence-corrected chi connectivity index (χ2v) is 10.3. The number of piperidine rings is 1. The maximum atomic E-state index is 14.2. The summed E-state index contributed by atoms with van der Waals surface area (Å²) in [5.74, 6) is 1.42. The van der Waals surface area contributed by atoms with Crippen molar-refractivity contribution in [3.8, 4) is 11.9 Å². The Morgan fingerprint density at radius 1 is 1.02 bits per heavy atom. The van der Waals surface area contributed by atoms with Crippen LogP contribution < -0.4 is 4.74 Å². The zero-order valence-corrected chi connectivity index (χ0v) is 22.4. The van der Waals surface area contributed by atoms with Gasteiger partial charge >= 0.3 is 0 Å². The van der Waals surface area contributed by atoms with Crippen molar-refractivity contribution in [2.45, 2.75) is 38.5 Å². The first kappa shape index (κ1) is 25.7. The van der Waals surface area contributed by atoms with Crippen LogP contribution >= 0.6 is 0 Å². The molecule has 5 aromatic rings. The van der Waals surface area contributed by atoms with E-state index in [1.54, 1.807) is 18.2 Å². The monoisotopic (exact) mass is 535 g/mol. The van der Waals surface area contributed by atoms with Gasteiger partial charge in [0.05, 0.1) is 47.8 Å². The Balaban J connectivity index is 1.10. The summed E-state index contributed by atoms with van der Waals surface area (Å²) in [6, 6.07) is 20.4. The number of hydrogen-bond acceptors (Lipinski definition) is 6. The minimum Gasteiger partial charge on any atom is -0.473 e. The maximum absolute atomic E-state index is 14.2. The summed E-state index contributed by atoms with van der Waals surface area (Å²) in [6.07, 6.45) is 5.72. The van der Waals surface area contributed by atoms with E-state index < -0.39 is 5.82 Å². The molecule has 2 aromatic carbocycles. The van der Waals surface area contributed by atoms with Gasteiger partial charge < -0.3 is 13.9 Å². The molecular formula is C31H30FN7O. The molecule has 0 saturated carbocycles. The third kappa shape index (κ3) is 5.44. The molecule has 4 heterocycles. The maximum Gasteiger partial charge on any atom is 0.213 e. The smallest absolute Gasteiger partial charge is 0.213 e. The number of nitriles is 1. The van der Waals surface area contributed by atoms with E-state index in [-0.39, 0.29) is 6.61 Å². The summed E-state index contributed by atoms with van der Waals surface area (Å²) in [6.45, 7) is 3.47. The Hall–Kier alpha value is -4.55. The highest BCUT2D eigenvalue weighted by molar-refractivity contribution is 5.76. The molecule has 9 heteroatoms. The van der Waals surface area contributed by atoms with Crippen LogP contribution in [-0.2, 0) is 26.7 Å². The highest BCUT2D eigenvalue weighted by Gasteiger charge is 2.24. The number of imidazole rings is 2. The van der Waals surface area contributed by atoms with Crippen LogP contribution in [0.5, 0.6) is 5.88 Å². The molecule has 8 nitrogen and oxygen atoms in total. The van der Waals surface area contributed by atoms with E-state index in [9.17, 15) is 4.39 Å². The van der Waals surface area contributed by atoms with Crippen molar-refractivity contribution < 1.29 is 9.13 Å². The van der Waals surface area contributed by atoms with Gasteiger partial charge in [-0.15, -0.1) is 0 Å². The third-order valence-electron chi connectivity index (χ3n) is 7.64. The molecule has 6 rings (SSSR count). The average molecular weight is 536 g/mol. The normalized spacial score (nSPS) is 14.4. The molecule has 3 aromatic heterocycles. The second-order valence-electron chi connectivity index (χ2n) is 10.3. The van der Waals surface area contributed by atoms with E-state index in [1.165, 1.54) is 6.07 Å². The summed E-state index contributed by atoms with van der Waals surface area (Å²) in [5.41, 5.74) is 4.97. The molecule has 0 bridgehead atoms. The lowest BCUT2D eigenvalue weighted by molar-refractivity contribution is 0.196. The third-order valence-corrected chi connectivity index (χ3v) is 7.64. The van der Waals surface area contributed by atoms with Crippen LogP contribution in [0.25, 0.3) is 11.0 Å². The summed E-state index contributed by atoms with van der Waals surface area (Å²) >= 11 is 0. The Kier molecular flexibility index (Phi) is 7.25. The first-order valence-corrected chi connectivity index (χ1v) is 13.5. The highest BCUT2D eigenvalue weighted by atomic mass is 19.1.